The van der Waals surface area contributed by atoms with Crippen LogP contribution in [0.15, 0.2) is 11.1 Å². The Balaban J connectivity index is 2.49. The van der Waals surface area contributed by atoms with Crippen LogP contribution in [0, 0.1) is 0 Å². The molecule has 0 amide bonds. The molecule has 0 radical (unpaired) electrons. The number of ether oxygens (including phenoxy) is 1. The molecule has 106 valence electrons. The molecule has 9 heteroatoms. The molecule has 19 heavy (non-hydrogen) atoms. The van der Waals surface area contributed by atoms with E-state index < -0.39 is 15.2 Å². The number of aliphatic hydroxyl groups excluding tert-OH is 1. The van der Waals surface area contributed by atoms with Gasteiger partial charge in [0.15, 0.2) is 11.6 Å². The van der Waals surface area contributed by atoms with Gasteiger partial charge in [-0.15, -0.1) is 0 Å². The highest BCUT2D eigenvalue weighted by Crippen LogP contribution is 2.39. The summed E-state index contributed by atoms with van der Waals surface area (Å²) in [6, 6.07) is 0. The Morgan fingerprint density at radius 1 is 1.58 bits per heavy atom. The van der Waals surface area contributed by atoms with Crippen molar-refractivity contribution in [3.8, 4) is 5.75 Å². The molecule has 0 aromatic carbocycles. The van der Waals surface area contributed by atoms with Gasteiger partial charge in [0.1, 0.15) is 9.92 Å². The summed E-state index contributed by atoms with van der Waals surface area (Å²) < 4.78 is 27.8. The Kier molecular flexibility index (Phi) is 4.10. The van der Waals surface area contributed by atoms with Gasteiger partial charge >= 0.3 is 0 Å². The zero-order valence-corrected chi connectivity index (χ0v) is 12.3. The van der Waals surface area contributed by atoms with Gasteiger partial charge in [0.25, 0.3) is 9.05 Å². The van der Waals surface area contributed by atoms with Gasteiger partial charge in [-0.25, -0.2) is 13.4 Å². The van der Waals surface area contributed by atoms with Crippen molar-refractivity contribution in [1.82, 2.24) is 4.98 Å². The number of aliphatic hydroxyl groups is 1. The van der Waals surface area contributed by atoms with Crippen LogP contribution in [-0.4, -0.2) is 44.8 Å². The largest absolute Gasteiger partial charge is 0.494 e. The van der Waals surface area contributed by atoms with Crippen molar-refractivity contribution in [1.29, 1.82) is 0 Å². The Labute approximate surface area is 120 Å². The Morgan fingerprint density at radius 3 is 2.74 bits per heavy atom. The highest BCUT2D eigenvalue weighted by Gasteiger charge is 2.28. The van der Waals surface area contributed by atoms with E-state index in [0.29, 0.717) is 25.3 Å². The molecule has 1 atom stereocenters. The van der Waals surface area contributed by atoms with Gasteiger partial charge in [-0.1, -0.05) is 11.6 Å². The summed E-state index contributed by atoms with van der Waals surface area (Å²) in [4.78, 5) is 5.50. The van der Waals surface area contributed by atoms with Crippen LogP contribution in [0.3, 0.4) is 0 Å². The van der Waals surface area contributed by atoms with E-state index in [9.17, 15) is 13.5 Å². The van der Waals surface area contributed by atoms with Gasteiger partial charge in [0, 0.05) is 23.8 Å². The second-order valence-corrected chi connectivity index (χ2v) is 7.03. The number of β-amino-alcohol motifs (C(OH)–C–C–N with tert-alkyl or cyclic N) is 1. The first-order chi connectivity index (χ1) is 8.84. The number of hydrogen-bond donors (Lipinski definition) is 1. The molecular weight excluding hydrogens is 315 g/mol. The van der Waals surface area contributed by atoms with Crippen LogP contribution in [-0.2, 0) is 9.05 Å². The summed E-state index contributed by atoms with van der Waals surface area (Å²) >= 11 is 6.11. The zero-order chi connectivity index (χ0) is 14.2. The average molecular weight is 327 g/mol. The molecule has 1 aliphatic heterocycles. The maximum atomic E-state index is 11.4. The highest BCUT2D eigenvalue weighted by molar-refractivity contribution is 8.13. The monoisotopic (exact) mass is 326 g/mol. The van der Waals surface area contributed by atoms with Crippen LogP contribution >= 0.6 is 22.3 Å². The number of rotatable bonds is 3. The van der Waals surface area contributed by atoms with E-state index in [-0.39, 0.29) is 15.7 Å². The van der Waals surface area contributed by atoms with Crippen LogP contribution in [0.1, 0.15) is 6.42 Å². The number of methoxy groups -OCH3 is 1. The molecule has 1 saturated heterocycles. The van der Waals surface area contributed by atoms with Crippen molar-refractivity contribution in [3.63, 3.8) is 0 Å². The van der Waals surface area contributed by atoms with E-state index in [1.165, 1.54) is 7.11 Å². The lowest BCUT2D eigenvalue weighted by Crippen LogP contribution is -2.23. The van der Waals surface area contributed by atoms with Crippen molar-refractivity contribution in [3.05, 3.63) is 11.2 Å². The number of hydrogen-bond acceptors (Lipinski definition) is 6. The Bertz CT molecular complexity index is 593. The topological polar surface area (TPSA) is 79.7 Å². The third-order valence-electron chi connectivity index (χ3n) is 2.85. The van der Waals surface area contributed by atoms with Crippen molar-refractivity contribution in [2.75, 3.05) is 25.1 Å². The quantitative estimate of drug-likeness (QED) is 0.842. The van der Waals surface area contributed by atoms with E-state index in [0.717, 1.165) is 6.20 Å². The summed E-state index contributed by atoms with van der Waals surface area (Å²) in [5.74, 6) is 0.335. The fraction of sp³-hybridized carbons (Fsp3) is 0.500. The van der Waals surface area contributed by atoms with Gasteiger partial charge in [0.2, 0.25) is 0 Å². The summed E-state index contributed by atoms with van der Waals surface area (Å²) in [7, 11) is 2.60. The number of halogens is 2. The van der Waals surface area contributed by atoms with Crippen LogP contribution in [0.5, 0.6) is 5.75 Å². The molecule has 2 heterocycles. The SMILES string of the molecule is COc1c(S(=O)(=O)Cl)cnc(N2CC[C@H](O)C2)c1Cl. The van der Waals surface area contributed by atoms with Crippen molar-refractivity contribution in [2.24, 2.45) is 0 Å². The fourth-order valence-corrected chi connectivity index (χ4v) is 3.28. The smallest absolute Gasteiger partial charge is 0.266 e. The number of pyridine rings is 1. The molecule has 1 aromatic rings. The number of anilines is 1. The molecule has 0 aliphatic carbocycles. The standard InChI is InChI=1S/C10H12Cl2N2O4S/c1-18-9-7(19(12,16)17)4-13-10(8(9)11)14-3-2-6(15)5-14/h4,6,15H,2-3,5H2,1H3/t6-/m0/s1. The molecule has 6 nitrogen and oxygen atoms in total. The minimum atomic E-state index is -3.99. The maximum Gasteiger partial charge on any atom is 0.266 e. The van der Waals surface area contributed by atoms with Gasteiger partial charge in [-0.2, -0.15) is 0 Å². The van der Waals surface area contributed by atoms with Gasteiger partial charge in [-0.05, 0) is 6.42 Å². The third-order valence-corrected chi connectivity index (χ3v) is 4.51. The molecule has 0 bridgehead atoms. The predicted octanol–water partition coefficient (Wildman–Crippen LogP) is 1.24. The molecule has 2 rings (SSSR count). The van der Waals surface area contributed by atoms with E-state index in [1.807, 2.05) is 0 Å². The van der Waals surface area contributed by atoms with Crippen molar-refractivity contribution < 1.29 is 18.3 Å². The predicted molar refractivity (Wildman–Crippen MR) is 71.7 cm³/mol. The molecule has 1 N–H and O–H groups in total. The molecule has 1 aromatic heterocycles. The third kappa shape index (κ3) is 2.89. The van der Waals surface area contributed by atoms with Gasteiger partial charge < -0.3 is 14.7 Å². The minimum absolute atomic E-state index is 0.0388. The van der Waals surface area contributed by atoms with Crippen LogP contribution in [0.25, 0.3) is 0 Å². The summed E-state index contributed by atoms with van der Waals surface area (Å²) in [5.41, 5.74) is 0. The van der Waals surface area contributed by atoms with Gasteiger partial charge in [0.05, 0.1) is 19.4 Å². The molecule has 0 spiro atoms. The molecule has 1 aliphatic rings. The van der Waals surface area contributed by atoms with Crippen molar-refractivity contribution in [2.45, 2.75) is 17.4 Å². The second kappa shape index (κ2) is 5.32. The molecule has 0 saturated carbocycles. The first-order valence-electron chi connectivity index (χ1n) is 5.44. The number of aromatic nitrogens is 1. The van der Waals surface area contributed by atoms with Crippen LogP contribution in [0.4, 0.5) is 5.82 Å². The van der Waals surface area contributed by atoms with Crippen molar-refractivity contribution >= 4 is 37.2 Å². The zero-order valence-electron chi connectivity index (χ0n) is 10.0. The summed E-state index contributed by atoms with van der Waals surface area (Å²) in [5, 5.41) is 9.57. The molecule has 1 fully saturated rings. The van der Waals surface area contributed by atoms with Gasteiger partial charge in [-0.3, -0.25) is 0 Å². The molecule has 0 unspecified atom stereocenters. The first kappa shape index (κ1) is 14.6. The number of nitrogens with zero attached hydrogens (tertiary/aromatic N) is 2. The van der Waals surface area contributed by atoms with Crippen LogP contribution < -0.4 is 9.64 Å². The second-order valence-electron chi connectivity index (χ2n) is 4.12. The minimum Gasteiger partial charge on any atom is -0.494 e. The summed E-state index contributed by atoms with van der Waals surface area (Å²) in [6.45, 7) is 0.979. The lowest BCUT2D eigenvalue weighted by Gasteiger charge is -2.19. The normalized spacial score (nSPS) is 19.8. The van der Waals surface area contributed by atoms with E-state index in [2.05, 4.69) is 4.98 Å². The fourth-order valence-electron chi connectivity index (χ4n) is 1.96. The van der Waals surface area contributed by atoms with E-state index >= 15 is 0 Å². The maximum absolute atomic E-state index is 11.4. The molecular formula is C10H12Cl2N2O4S. The Morgan fingerprint density at radius 2 is 2.26 bits per heavy atom. The Hall–Kier alpha value is -0.760. The van der Waals surface area contributed by atoms with E-state index in [4.69, 9.17) is 27.0 Å². The lowest BCUT2D eigenvalue weighted by atomic mass is 10.3. The van der Waals surface area contributed by atoms with Crippen LogP contribution in [0.2, 0.25) is 5.02 Å². The van der Waals surface area contributed by atoms with E-state index in [1.54, 1.807) is 4.90 Å². The first-order valence-corrected chi connectivity index (χ1v) is 8.13. The summed E-state index contributed by atoms with van der Waals surface area (Å²) in [6.07, 6.45) is 1.27. The lowest BCUT2D eigenvalue weighted by molar-refractivity contribution is 0.198. The highest BCUT2D eigenvalue weighted by atomic mass is 35.7. The average Bonchev–Trinajstić information content (AvgIpc) is 2.74.